The number of nitrogens with zero attached hydrogens (tertiary/aromatic N) is 2. The molecule has 2 N–H and O–H groups in total. The summed E-state index contributed by atoms with van der Waals surface area (Å²) in [5.74, 6) is -1.59. The average Bonchev–Trinajstić information content (AvgIpc) is 3.16. The number of aromatic hydroxyl groups is 1. The quantitative estimate of drug-likeness (QED) is 0.430. The Balaban J connectivity index is 2.51. The summed E-state index contributed by atoms with van der Waals surface area (Å²) in [6.07, 6.45) is 1.02. The molecule has 2 unspecified atom stereocenters. The number of esters is 1. The van der Waals surface area contributed by atoms with Crippen LogP contribution in [0.1, 0.15) is 77.1 Å². The van der Waals surface area contributed by atoms with Crippen molar-refractivity contribution < 1.29 is 28.6 Å². The molecule has 2 rings (SSSR count). The van der Waals surface area contributed by atoms with Gasteiger partial charge in [0, 0.05) is 13.7 Å². The van der Waals surface area contributed by atoms with Crippen LogP contribution in [0.15, 0.2) is 4.79 Å². The van der Waals surface area contributed by atoms with Crippen molar-refractivity contribution >= 4 is 20.4 Å². The smallest absolute Gasteiger partial charge is 0.410 e. The second-order valence-corrected chi connectivity index (χ2v) is 16.7. The molecule has 1 amide bonds. The number of ether oxygens (including phenoxy) is 2. The summed E-state index contributed by atoms with van der Waals surface area (Å²) < 4.78 is 16.7. The van der Waals surface area contributed by atoms with E-state index in [9.17, 15) is 19.5 Å². The first-order valence-corrected chi connectivity index (χ1v) is 14.8. The molecule has 0 bridgehead atoms. The van der Waals surface area contributed by atoms with Gasteiger partial charge in [0.2, 0.25) is 5.75 Å². The lowest BCUT2D eigenvalue weighted by atomic mass is 9.92. The highest BCUT2D eigenvalue weighted by Crippen LogP contribution is 2.46. The van der Waals surface area contributed by atoms with Gasteiger partial charge >= 0.3 is 12.1 Å². The second-order valence-electron chi connectivity index (χ2n) is 11.9. The van der Waals surface area contributed by atoms with Crippen LogP contribution < -0.4 is 5.56 Å². The van der Waals surface area contributed by atoms with Crippen LogP contribution in [0.3, 0.4) is 0 Å². The zero-order valence-corrected chi connectivity index (χ0v) is 23.7. The number of amides is 1. The molecule has 1 aromatic rings. The molecule has 0 aliphatic heterocycles. The molecule has 1 saturated carbocycles. The predicted octanol–water partition coefficient (Wildman–Crippen LogP) is 4.15. The molecule has 1 fully saturated rings. The molecular weight excluding hydrogens is 470 g/mol. The fraction of sp³-hybridized carbons (Fsp3) is 0.750. The predicted molar refractivity (Wildman–Crippen MR) is 134 cm³/mol. The summed E-state index contributed by atoms with van der Waals surface area (Å²) in [4.78, 5) is 46.2. The van der Waals surface area contributed by atoms with E-state index < -0.39 is 48.5 Å². The summed E-state index contributed by atoms with van der Waals surface area (Å²) in [5, 5.41) is 10.2. The van der Waals surface area contributed by atoms with Crippen molar-refractivity contribution in [1.82, 2.24) is 14.9 Å². The zero-order chi connectivity index (χ0) is 27.0. The molecular formula is C24H41N3O7Si. The van der Waals surface area contributed by atoms with Crippen molar-refractivity contribution in [3.63, 3.8) is 0 Å². The van der Waals surface area contributed by atoms with Gasteiger partial charge < -0.3 is 24.0 Å². The lowest BCUT2D eigenvalue weighted by molar-refractivity contribution is 0.00137. The topological polar surface area (TPSA) is 131 Å². The Kier molecular flexibility index (Phi) is 8.17. The van der Waals surface area contributed by atoms with Crippen LogP contribution in [0, 0.1) is 5.92 Å². The van der Waals surface area contributed by atoms with Gasteiger partial charge in [-0.1, -0.05) is 20.8 Å². The third-order valence-electron chi connectivity index (χ3n) is 7.10. The lowest BCUT2D eigenvalue weighted by Gasteiger charge is -2.39. The number of rotatable bonds is 6. The number of hydrogen-bond acceptors (Lipinski definition) is 8. The van der Waals surface area contributed by atoms with Gasteiger partial charge in [-0.3, -0.25) is 9.69 Å². The van der Waals surface area contributed by atoms with Crippen LogP contribution in [0.5, 0.6) is 5.75 Å². The van der Waals surface area contributed by atoms with Crippen molar-refractivity contribution in [3.8, 4) is 5.75 Å². The Morgan fingerprint density at radius 3 is 2.34 bits per heavy atom. The molecule has 1 aliphatic carbocycles. The second kappa shape index (κ2) is 9.92. The summed E-state index contributed by atoms with van der Waals surface area (Å²) in [6, 6.07) is 0. The summed E-state index contributed by atoms with van der Waals surface area (Å²) >= 11 is 0. The van der Waals surface area contributed by atoms with Crippen molar-refractivity contribution in [1.29, 1.82) is 0 Å². The summed E-state index contributed by atoms with van der Waals surface area (Å²) in [6.45, 7) is 16.7. The van der Waals surface area contributed by atoms with E-state index in [1.807, 2.05) is 0 Å². The summed E-state index contributed by atoms with van der Waals surface area (Å²) in [7, 11) is 0.732. The van der Waals surface area contributed by atoms with E-state index in [1.54, 1.807) is 27.8 Å². The molecule has 198 valence electrons. The Morgan fingerprint density at radius 2 is 1.83 bits per heavy atom. The Labute approximate surface area is 208 Å². The molecule has 35 heavy (non-hydrogen) atoms. The van der Waals surface area contributed by atoms with E-state index in [-0.39, 0.29) is 16.8 Å². The van der Waals surface area contributed by atoms with E-state index in [0.29, 0.717) is 25.9 Å². The molecule has 0 spiro atoms. The number of carbonyl (C=O) groups is 2. The Hall–Kier alpha value is -2.40. The first-order valence-electron chi connectivity index (χ1n) is 11.9. The maximum atomic E-state index is 13.1. The van der Waals surface area contributed by atoms with Gasteiger partial charge in [-0.15, -0.1) is 0 Å². The van der Waals surface area contributed by atoms with Gasteiger partial charge in [-0.2, -0.15) is 0 Å². The van der Waals surface area contributed by atoms with Crippen LogP contribution in [-0.2, 0) is 19.4 Å². The van der Waals surface area contributed by atoms with Crippen molar-refractivity contribution in [2.45, 2.75) is 90.1 Å². The van der Waals surface area contributed by atoms with Crippen molar-refractivity contribution in [3.05, 3.63) is 21.9 Å². The number of aromatic nitrogens is 2. The Morgan fingerprint density at radius 1 is 1.23 bits per heavy atom. The molecule has 1 heterocycles. The average molecular weight is 512 g/mol. The number of aromatic amines is 1. The molecule has 11 heteroatoms. The van der Waals surface area contributed by atoms with Gasteiger partial charge in [0.15, 0.2) is 14.0 Å². The molecule has 0 radical (unpaired) electrons. The molecule has 0 aromatic carbocycles. The van der Waals surface area contributed by atoms with Crippen LogP contribution >= 0.6 is 0 Å². The van der Waals surface area contributed by atoms with Gasteiger partial charge in [0.1, 0.15) is 17.0 Å². The highest BCUT2D eigenvalue weighted by atomic mass is 28.4. The van der Waals surface area contributed by atoms with Gasteiger partial charge in [0.25, 0.3) is 5.56 Å². The minimum Gasteiger partial charge on any atom is -0.501 e. The molecule has 1 aliphatic rings. The number of carbonyl (C=O) groups excluding carboxylic acids is 2. The minimum atomic E-state index is -2.00. The first-order chi connectivity index (χ1) is 15.8. The van der Waals surface area contributed by atoms with E-state index in [1.165, 1.54) is 4.90 Å². The van der Waals surface area contributed by atoms with Crippen LogP contribution in [0.2, 0.25) is 18.1 Å². The van der Waals surface area contributed by atoms with Crippen LogP contribution in [0.4, 0.5) is 4.79 Å². The third-order valence-corrected chi connectivity index (χ3v) is 11.6. The lowest BCUT2D eigenvalue weighted by Crippen LogP contribution is -2.49. The minimum absolute atomic E-state index is 0.0508. The standard InChI is InChI=1S/C24H41N3O7Si/c1-22(2,3)34-21(31)27(7)24(20-25-16(19(30)32-8)17(28)18(29)26-20)12-11-15(13-24)14-33-35(9,10)23(4,5)6/h15,28H,11-14H2,1-10H3,(H,25,26,29). The molecule has 10 nitrogen and oxygen atoms in total. The van der Waals surface area contributed by atoms with E-state index in [4.69, 9.17) is 13.9 Å². The SMILES string of the molecule is COC(=O)c1nc(C2(N(C)C(=O)OC(C)(C)C)CCC(CO[Si](C)(C)C(C)(C)C)C2)[nH]c(=O)c1O. The van der Waals surface area contributed by atoms with Crippen molar-refractivity contribution in [2.24, 2.45) is 5.92 Å². The number of methoxy groups -OCH3 is 1. The van der Waals surface area contributed by atoms with Crippen molar-refractivity contribution in [2.75, 3.05) is 20.8 Å². The number of nitrogens with one attached hydrogen (secondary N) is 1. The number of H-pyrrole nitrogens is 1. The zero-order valence-electron chi connectivity index (χ0n) is 22.7. The maximum absolute atomic E-state index is 13.1. The molecule has 1 aromatic heterocycles. The first kappa shape index (κ1) is 28.8. The largest absolute Gasteiger partial charge is 0.501 e. The van der Waals surface area contributed by atoms with E-state index >= 15 is 0 Å². The van der Waals surface area contributed by atoms with Gasteiger partial charge in [0.05, 0.1) is 7.11 Å². The number of hydrogen-bond donors (Lipinski definition) is 2. The van der Waals surface area contributed by atoms with Crippen LogP contribution in [0.25, 0.3) is 0 Å². The van der Waals surface area contributed by atoms with Crippen LogP contribution in [-0.4, -0.2) is 66.7 Å². The highest BCUT2D eigenvalue weighted by Gasteiger charge is 2.50. The highest BCUT2D eigenvalue weighted by molar-refractivity contribution is 6.74. The molecule has 2 atom stereocenters. The van der Waals surface area contributed by atoms with Gasteiger partial charge in [-0.25, -0.2) is 14.6 Å². The summed E-state index contributed by atoms with van der Waals surface area (Å²) in [5.41, 5.74) is -3.18. The fourth-order valence-electron chi connectivity index (χ4n) is 3.92. The molecule has 0 saturated heterocycles. The fourth-order valence-corrected chi connectivity index (χ4v) is 5.00. The van der Waals surface area contributed by atoms with E-state index in [0.717, 1.165) is 7.11 Å². The van der Waals surface area contributed by atoms with E-state index in [2.05, 4.69) is 43.8 Å². The normalized spacial score (nSPS) is 21.0. The van der Waals surface area contributed by atoms with Gasteiger partial charge in [-0.05, 0) is 64.1 Å². The maximum Gasteiger partial charge on any atom is 0.410 e. The Bertz CT molecular complexity index is 1010. The third kappa shape index (κ3) is 6.24. The monoisotopic (exact) mass is 511 g/mol.